The highest BCUT2D eigenvalue weighted by Gasteiger charge is 2.75. The molecule has 0 bridgehead atoms. The molecule has 210 valence electrons. The van der Waals surface area contributed by atoms with Gasteiger partial charge in [0, 0.05) is 24.2 Å². The lowest BCUT2D eigenvalue weighted by molar-refractivity contribution is -0.341. The van der Waals surface area contributed by atoms with E-state index in [1.54, 1.807) is 0 Å². The Morgan fingerprint density at radius 1 is 0.892 bits per heavy atom. The zero-order chi connectivity index (χ0) is 27.3. The van der Waals surface area contributed by atoms with Crippen LogP contribution in [0.4, 0.5) is 0 Å². The maximum atomic E-state index is 14.7. The van der Waals surface area contributed by atoms with E-state index in [4.69, 9.17) is 9.62 Å². The molecule has 0 aromatic heterocycles. The van der Waals surface area contributed by atoms with Gasteiger partial charge in [0.25, 0.3) is 0 Å². The maximum Gasteiger partial charge on any atom is 0.302 e. The van der Waals surface area contributed by atoms with Crippen LogP contribution in [0.1, 0.15) is 114 Å². The largest absolute Gasteiger partial charge is 0.462 e. The minimum absolute atomic E-state index is 0.0595. The van der Waals surface area contributed by atoms with E-state index in [-0.39, 0.29) is 62.7 Å². The summed E-state index contributed by atoms with van der Waals surface area (Å²) in [5.74, 6) is 1.51. The Morgan fingerprint density at radius 2 is 1.57 bits per heavy atom. The van der Waals surface area contributed by atoms with E-state index in [9.17, 15) is 14.8 Å². The van der Waals surface area contributed by atoms with Crippen LogP contribution in [0.25, 0.3) is 0 Å². The minimum atomic E-state index is -0.788. The Hall–Kier alpha value is -0.940. The van der Waals surface area contributed by atoms with E-state index < -0.39 is 6.10 Å². The molecule has 0 aromatic rings. The first-order valence-corrected chi connectivity index (χ1v) is 15.1. The number of carbonyl (C=O) groups is 2. The Bertz CT molecular complexity index is 959. The van der Waals surface area contributed by atoms with Gasteiger partial charge in [-0.1, -0.05) is 55.4 Å². The predicted molar refractivity (Wildman–Crippen MR) is 143 cm³/mol. The lowest BCUT2D eigenvalue weighted by Gasteiger charge is -2.74. The van der Waals surface area contributed by atoms with Gasteiger partial charge in [-0.15, -0.1) is 0 Å². The van der Waals surface area contributed by atoms with E-state index in [0.29, 0.717) is 17.8 Å². The smallest absolute Gasteiger partial charge is 0.302 e. The monoisotopic (exact) mass is 516 g/mol. The first-order chi connectivity index (χ1) is 17.1. The molecule has 5 fully saturated rings. The van der Waals surface area contributed by atoms with E-state index in [1.807, 2.05) is 0 Å². The van der Waals surface area contributed by atoms with Gasteiger partial charge in [0.2, 0.25) is 0 Å². The van der Waals surface area contributed by atoms with Gasteiger partial charge in [-0.2, -0.15) is 0 Å². The summed E-state index contributed by atoms with van der Waals surface area (Å²) in [6.45, 7) is 20.4. The molecule has 0 spiro atoms. The van der Waals surface area contributed by atoms with E-state index in [0.717, 1.165) is 32.1 Å². The highest BCUT2D eigenvalue weighted by molar-refractivity contribution is 5.88. The molecule has 0 heterocycles. The lowest BCUT2D eigenvalue weighted by atomic mass is 9.30. The van der Waals surface area contributed by atoms with E-state index >= 15 is 0 Å². The summed E-state index contributed by atoms with van der Waals surface area (Å²) >= 11 is 0. The lowest BCUT2D eigenvalue weighted by Crippen LogP contribution is -2.73. The molecule has 1 N–H and O–H groups in total. The van der Waals surface area contributed by atoms with Gasteiger partial charge in [-0.05, 0) is 96.7 Å². The van der Waals surface area contributed by atoms with Crippen LogP contribution in [0.15, 0.2) is 0 Å². The number of esters is 1. The molecule has 0 saturated heterocycles. The summed E-state index contributed by atoms with van der Waals surface area (Å²) in [5, 5.41) is 10.5. The van der Waals surface area contributed by atoms with Crippen molar-refractivity contribution in [3.8, 4) is 0 Å². The second-order valence-corrected chi connectivity index (χ2v) is 15.8. The van der Waals surface area contributed by atoms with Gasteiger partial charge in [-0.25, -0.2) is 4.89 Å². The highest BCUT2D eigenvalue weighted by atomic mass is 17.1. The molecule has 5 aliphatic carbocycles. The summed E-state index contributed by atoms with van der Waals surface area (Å²) in [4.78, 5) is 32.0. The molecule has 37 heavy (non-hydrogen) atoms. The van der Waals surface area contributed by atoms with Crippen molar-refractivity contribution in [3.05, 3.63) is 0 Å². The summed E-state index contributed by atoms with van der Waals surface area (Å²) in [7, 11) is 0. The second-order valence-electron chi connectivity index (χ2n) is 15.8. The molecule has 5 saturated carbocycles. The number of ether oxygens (including phenoxy) is 1. The zero-order valence-corrected chi connectivity index (χ0v) is 24.9. The van der Waals surface area contributed by atoms with Crippen molar-refractivity contribution in [1.29, 1.82) is 0 Å². The number of hydrogen-bond acceptors (Lipinski definition) is 5. The van der Waals surface area contributed by atoms with Crippen molar-refractivity contribution in [2.75, 3.05) is 0 Å². The molecule has 5 rings (SSSR count). The molecular formula is C32H52O5. The Labute approximate surface area is 224 Å². The topological polar surface area (TPSA) is 72.8 Å². The summed E-state index contributed by atoms with van der Waals surface area (Å²) in [5.41, 5.74) is -0.448. The number of hydrogen-bond donors (Lipinski definition) is 1. The van der Waals surface area contributed by atoms with Crippen molar-refractivity contribution in [3.63, 3.8) is 0 Å². The van der Waals surface area contributed by atoms with Gasteiger partial charge < -0.3 is 4.74 Å². The van der Waals surface area contributed by atoms with E-state index in [1.165, 1.54) is 26.2 Å². The molecule has 5 aliphatic rings. The fourth-order valence-corrected chi connectivity index (χ4v) is 11.9. The molecule has 12 atom stereocenters. The van der Waals surface area contributed by atoms with Crippen LogP contribution < -0.4 is 0 Å². The Kier molecular flexibility index (Phi) is 6.37. The third-order valence-electron chi connectivity index (χ3n) is 14.1. The first kappa shape index (κ1) is 27.6. The molecule has 0 radical (unpaired) electrons. The SMILES string of the molecule is CC(=O)O[C@H]1CC[C@]2(C)[C@H]3[C@H](OO)C(=O)[C@@H]4[C@@H]5[C@@H](C)[C@H](C)CC[C@]5(C)CC[C@@]4(C)[C@]3(C)CC[C@H]2C1(C)C. The summed E-state index contributed by atoms with van der Waals surface area (Å²) in [6, 6.07) is 0. The molecular weight excluding hydrogens is 464 g/mol. The van der Waals surface area contributed by atoms with Crippen LogP contribution >= 0.6 is 0 Å². The fraction of sp³-hybridized carbons (Fsp3) is 0.938. The second kappa shape index (κ2) is 8.53. The highest BCUT2D eigenvalue weighted by Crippen LogP contribution is 2.76. The Balaban J connectivity index is 1.61. The molecule has 5 nitrogen and oxygen atoms in total. The number of Topliss-reactive ketones (excluding diaryl/α,β-unsaturated/α-hetero) is 1. The van der Waals surface area contributed by atoms with Gasteiger partial charge in [-0.3, -0.25) is 14.8 Å². The third-order valence-corrected chi connectivity index (χ3v) is 14.1. The van der Waals surface area contributed by atoms with Crippen molar-refractivity contribution < 1.29 is 24.5 Å². The van der Waals surface area contributed by atoms with Crippen LogP contribution in [0.2, 0.25) is 0 Å². The summed E-state index contributed by atoms with van der Waals surface area (Å²) in [6.07, 6.45) is 7.51. The van der Waals surface area contributed by atoms with Crippen LogP contribution in [-0.4, -0.2) is 29.2 Å². The average Bonchev–Trinajstić information content (AvgIpc) is 2.81. The maximum absolute atomic E-state index is 14.7. The zero-order valence-electron chi connectivity index (χ0n) is 24.9. The number of fused-ring (bicyclic) bond motifs is 7. The van der Waals surface area contributed by atoms with Crippen LogP contribution in [-0.2, 0) is 19.2 Å². The molecule has 5 heteroatoms. The summed E-state index contributed by atoms with van der Waals surface area (Å²) < 4.78 is 5.85. The number of rotatable bonds is 2. The number of ketones is 1. The van der Waals surface area contributed by atoms with Crippen LogP contribution in [0.3, 0.4) is 0 Å². The molecule has 0 unspecified atom stereocenters. The molecule has 0 aliphatic heterocycles. The quantitative estimate of drug-likeness (QED) is 0.236. The standard InChI is InChI=1S/C32H52O5/c1-18-10-13-29(6)16-17-31(8)24(23(29)19(18)2)25(34)26(37-35)27-30(7)14-12-22(36-20(3)33)28(4,5)21(30)11-15-32(27,31)9/h18-19,21-24,26-27,35H,10-17H2,1-9H3/t18-,19+,21+,22+,23+,24+,26-,27-,29-,30+,31-,32-/m1/s1. The van der Waals surface area contributed by atoms with Crippen molar-refractivity contribution in [2.24, 2.45) is 62.6 Å². The van der Waals surface area contributed by atoms with Gasteiger partial charge >= 0.3 is 5.97 Å². The van der Waals surface area contributed by atoms with Crippen molar-refractivity contribution in [1.82, 2.24) is 0 Å². The number of carbonyl (C=O) groups excluding carboxylic acids is 2. The predicted octanol–water partition coefficient (Wildman–Crippen LogP) is 7.32. The van der Waals surface area contributed by atoms with Crippen molar-refractivity contribution in [2.45, 2.75) is 126 Å². The Morgan fingerprint density at radius 3 is 2.19 bits per heavy atom. The molecule has 0 amide bonds. The van der Waals surface area contributed by atoms with Crippen LogP contribution in [0.5, 0.6) is 0 Å². The van der Waals surface area contributed by atoms with Gasteiger partial charge in [0.15, 0.2) is 11.9 Å². The average molecular weight is 517 g/mol. The normalized spacial score (nSPS) is 54.8. The third kappa shape index (κ3) is 3.47. The van der Waals surface area contributed by atoms with Gasteiger partial charge in [0.05, 0.1) is 0 Å². The van der Waals surface area contributed by atoms with Crippen molar-refractivity contribution >= 4 is 11.8 Å². The van der Waals surface area contributed by atoms with Crippen LogP contribution in [0, 0.1) is 62.6 Å². The first-order valence-electron chi connectivity index (χ1n) is 15.1. The molecule has 0 aromatic carbocycles. The fourth-order valence-electron chi connectivity index (χ4n) is 11.9. The minimum Gasteiger partial charge on any atom is -0.462 e. The van der Waals surface area contributed by atoms with Gasteiger partial charge in [0.1, 0.15) is 6.10 Å². The van der Waals surface area contributed by atoms with E-state index in [2.05, 4.69) is 55.4 Å².